The molecule has 0 fully saturated rings. The van der Waals surface area contributed by atoms with Crippen molar-refractivity contribution >= 4 is 21.9 Å². The first-order chi connectivity index (χ1) is 12.9. The maximum Gasteiger partial charge on any atom is 0.216 e. The van der Waals surface area contributed by atoms with Gasteiger partial charge in [-0.15, -0.1) is 0 Å². The van der Waals surface area contributed by atoms with Gasteiger partial charge in [-0.3, -0.25) is 0 Å². The maximum absolute atomic E-state index is 9.81. The summed E-state index contributed by atoms with van der Waals surface area (Å²) in [6.45, 7) is 8.44. The van der Waals surface area contributed by atoms with Gasteiger partial charge in [-0.2, -0.15) is 5.26 Å². The van der Waals surface area contributed by atoms with Gasteiger partial charge in [0.15, 0.2) is 6.20 Å². The molecular formula is C24H23N2O+. The van der Waals surface area contributed by atoms with Crippen LogP contribution < -0.4 is 4.57 Å². The molecular weight excluding hydrogens is 332 g/mol. The van der Waals surface area contributed by atoms with E-state index < -0.39 is 0 Å². The van der Waals surface area contributed by atoms with Gasteiger partial charge in [-0.1, -0.05) is 32.0 Å². The van der Waals surface area contributed by atoms with E-state index in [2.05, 4.69) is 55.7 Å². The van der Waals surface area contributed by atoms with Crippen LogP contribution in [-0.2, 0) is 7.05 Å². The lowest BCUT2D eigenvalue weighted by Crippen LogP contribution is -2.30. The standard InChI is InChI=1S/C24H23N2O/c1-14(2)18-12-16(4)19(13-25)22-17-10-9-15(3)21(23(17)27-24(18)22)20-8-6-7-11-26(20)5/h6-12,14H,1-5H3/q+1. The lowest BCUT2D eigenvalue weighted by Gasteiger charge is -2.09. The lowest BCUT2D eigenvalue weighted by molar-refractivity contribution is -0.660. The second-order valence-electron chi connectivity index (χ2n) is 7.56. The molecule has 0 amide bonds. The number of pyridine rings is 1. The Morgan fingerprint density at radius 2 is 1.81 bits per heavy atom. The number of hydrogen-bond donors (Lipinski definition) is 0. The third-order valence-electron chi connectivity index (χ3n) is 5.39. The number of nitriles is 1. The molecule has 0 unspecified atom stereocenters. The summed E-state index contributed by atoms with van der Waals surface area (Å²) >= 11 is 0. The van der Waals surface area contributed by atoms with Crippen molar-refractivity contribution in [3.05, 3.63) is 64.8 Å². The second kappa shape index (κ2) is 6.25. The zero-order valence-electron chi connectivity index (χ0n) is 16.4. The van der Waals surface area contributed by atoms with Gasteiger partial charge in [-0.05, 0) is 42.5 Å². The second-order valence-corrected chi connectivity index (χ2v) is 7.56. The van der Waals surface area contributed by atoms with Crippen molar-refractivity contribution in [1.29, 1.82) is 5.26 Å². The highest BCUT2D eigenvalue weighted by Crippen LogP contribution is 2.41. The molecule has 2 aromatic heterocycles. The van der Waals surface area contributed by atoms with Gasteiger partial charge in [0.25, 0.3) is 0 Å². The summed E-state index contributed by atoms with van der Waals surface area (Å²) in [6.07, 6.45) is 2.04. The largest absolute Gasteiger partial charge is 0.455 e. The van der Waals surface area contributed by atoms with Gasteiger partial charge in [0.1, 0.15) is 24.3 Å². The van der Waals surface area contributed by atoms with Crippen LogP contribution in [0.25, 0.3) is 33.2 Å². The van der Waals surface area contributed by atoms with Crippen molar-refractivity contribution < 1.29 is 8.98 Å². The van der Waals surface area contributed by atoms with Crippen molar-refractivity contribution in [3.63, 3.8) is 0 Å². The van der Waals surface area contributed by atoms with E-state index in [9.17, 15) is 5.26 Å². The van der Waals surface area contributed by atoms with E-state index in [4.69, 9.17) is 4.42 Å². The number of furan rings is 1. The van der Waals surface area contributed by atoms with Gasteiger partial charge >= 0.3 is 0 Å². The minimum atomic E-state index is 0.317. The summed E-state index contributed by atoms with van der Waals surface area (Å²) in [5, 5.41) is 11.8. The Balaban J connectivity index is 2.24. The number of aryl methyl sites for hydroxylation is 3. The number of fused-ring (bicyclic) bond motifs is 3. The first kappa shape index (κ1) is 17.3. The molecule has 0 radical (unpaired) electrons. The van der Waals surface area contributed by atoms with Gasteiger partial charge in [-0.25, -0.2) is 4.57 Å². The minimum absolute atomic E-state index is 0.317. The average molecular weight is 355 g/mol. The van der Waals surface area contributed by atoms with Crippen molar-refractivity contribution in [3.8, 4) is 17.3 Å². The Morgan fingerprint density at radius 1 is 1.04 bits per heavy atom. The summed E-state index contributed by atoms with van der Waals surface area (Å²) in [5.74, 6) is 0.317. The fraction of sp³-hybridized carbons (Fsp3) is 0.250. The zero-order valence-corrected chi connectivity index (χ0v) is 16.4. The third-order valence-corrected chi connectivity index (χ3v) is 5.39. The number of hydrogen-bond acceptors (Lipinski definition) is 2. The first-order valence-corrected chi connectivity index (χ1v) is 9.28. The molecule has 27 heavy (non-hydrogen) atoms. The fourth-order valence-corrected chi connectivity index (χ4v) is 3.95. The van der Waals surface area contributed by atoms with Crippen LogP contribution in [0.2, 0.25) is 0 Å². The Kier molecular flexibility index (Phi) is 4.00. The van der Waals surface area contributed by atoms with Crippen LogP contribution in [-0.4, -0.2) is 0 Å². The van der Waals surface area contributed by atoms with Crippen LogP contribution in [0.5, 0.6) is 0 Å². The van der Waals surface area contributed by atoms with Gasteiger partial charge < -0.3 is 4.42 Å². The maximum atomic E-state index is 9.81. The van der Waals surface area contributed by atoms with Crippen LogP contribution in [0.1, 0.15) is 42.0 Å². The number of benzene rings is 2. The summed E-state index contributed by atoms with van der Waals surface area (Å²) < 4.78 is 8.61. The Bertz CT molecular complexity index is 1240. The van der Waals surface area contributed by atoms with Crippen LogP contribution in [0.15, 0.2) is 47.0 Å². The number of aromatic nitrogens is 1. The van der Waals surface area contributed by atoms with E-state index in [-0.39, 0.29) is 0 Å². The molecule has 3 heteroatoms. The van der Waals surface area contributed by atoms with Crippen molar-refractivity contribution in [2.45, 2.75) is 33.6 Å². The Hall–Kier alpha value is -3.12. The molecule has 2 aromatic carbocycles. The SMILES string of the molecule is Cc1ccc2c(oc3c(C(C)C)cc(C)c(C#N)c32)c1-c1cccc[n+]1C. The van der Waals surface area contributed by atoms with Gasteiger partial charge in [0, 0.05) is 22.9 Å². The molecule has 3 nitrogen and oxygen atoms in total. The van der Waals surface area contributed by atoms with Crippen LogP contribution in [0.3, 0.4) is 0 Å². The molecule has 0 spiro atoms. The predicted molar refractivity (Wildman–Crippen MR) is 109 cm³/mol. The Morgan fingerprint density at radius 3 is 2.48 bits per heavy atom. The molecule has 134 valence electrons. The van der Waals surface area contributed by atoms with E-state index in [1.54, 1.807) is 0 Å². The van der Waals surface area contributed by atoms with Crippen molar-refractivity contribution in [2.75, 3.05) is 0 Å². The Labute approximate surface area is 159 Å². The summed E-state index contributed by atoms with van der Waals surface area (Å²) in [7, 11) is 2.04. The molecule has 0 aliphatic carbocycles. The highest BCUT2D eigenvalue weighted by Gasteiger charge is 2.24. The first-order valence-electron chi connectivity index (χ1n) is 9.28. The smallest absolute Gasteiger partial charge is 0.216 e. The predicted octanol–water partition coefficient (Wildman–Crippen LogP) is 5.69. The van der Waals surface area contributed by atoms with Crippen molar-refractivity contribution in [2.24, 2.45) is 7.05 Å². The topological polar surface area (TPSA) is 40.8 Å². The molecule has 0 N–H and O–H groups in total. The molecule has 0 saturated carbocycles. The number of rotatable bonds is 2. The minimum Gasteiger partial charge on any atom is -0.455 e. The van der Waals surface area contributed by atoms with Gasteiger partial charge in [0.05, 0.1) is 11.1 Å². The highest BCUT2D eigenvalue weighted by molar-refractivity contribution is 6.13. The summed E-state index contributed by atoms with van der Waals surface area (Å²) in [6, 6.07) is 14.9. The van der Waals surface area contributed by atoms with Crippen LogP contribution >= 0.6 is 0 Å². The van der Waals surface area contributed by atoms with E-state index in [1.807, 2.05) is 32.3 Å². The highest BCUT2D eigenvalue weighted by atomic mass is 16.3. The van der Waals surface area contributed by atoms with Crippen LogP contribution in [0, 0.1) is 25.2 Å². The average Bonchev–Trinajstić information content (AvgIpc) is 3.01. The summed E-state index contributed by atoms with van der Waals surface area (Å²) in [5.41, 5.74) is 7.90. The van der Waals surface area contributed by atoms with E-state index in [0.29, 0.717) is 11.5 Å². The molecule has 0 aliphatic heterocycles. The van der Waals surface area contributed by atoms with Crippen LogP contribution in [0.4, 0.5) is 0 Å². The monoisotopic (exact) mass is 355 g/mol. The molecule has 0 aliphatic rings. The lowest BCUT2D eigenvalue weighted by atomic mass is 9.93. The molecule has 4 aromatic rings. The van der Waals surface area contributed by atoms with E-state index >= 15 is 0 Å². The molecule has 4 rings (SSSR count). The number of nitrogens with zero attached hydrogens (tertiary/aromatic N) is 2. The van der Waals surface area contributed by atoms with Gasteiger partial charge in [0.2, 0.25) is 5.69 Å². The summed E-state index contributed by atoms with van der Waals surface area (Å²) in [4.78, 5) is 0. The quantitative estimate of drug-likeness (QED) is 0.433. The molecule has 0 bridgehead atoms. The molecule has 0 saturated heterocycles. The molecule has 0 atom stereocenters. The zero-order chi connectivity index (χ0) is 19.3. The normalized spacial score (nSPS) is 11.4. The third kappa shape index (κ3) is 2.52. The fourth-order valence-electron chi connectivity index (χ4n) is 3.95. The van der Waals surface area contributed by atoms with E-state index in [0.717, 1.165) is 49.9 Å². The van der Waals surface area contributed by atoms with E-state index in [1.165, 1.54) is 0 Å². The van der Waals surface area contributed by atoms with Crippen molar-refractivity contribution in [1.82, 2.24) is 0 Å². The molecule has 2 heterocycles.